The van der Waals surface area contributed by atoms with E-state index in [4.69, 9.17) is 15.2 Å². The minimum atomic E-state index is 0. The first-order valence-corrected chi connectivity index (χ1v) is 7.21. The fourth-order valence-electron chi connectivity index (χ4n) is 1.99. The molecule has 0 aliphatic heterocycles. The van der Waals surface area contributed by atoms with Crippen molar-refractivity contribution in [3.63, 3.8) is 0 Å². The third-order valence-corrected chi connectivity index (χ3v) is 3.13. The van der Waals surface area contributed by atoms with Crippen LogP contribution in [0.4, 0.5) is 0 Å². The molecule has 1 aromatic carbocycles. The molecule has 0 aliphatic rings. The van der Waals surface area contributed by atoms with Gasteiger partial charge in [-0.2, -0.15) is 0 Å². The average molecular weight is 317 g/mol. The van der Waals surface area contributed by atoms with Gasteiger partial charge in [-0.05, 0) is 50.2 Å². The van der Waals surface area contributed by atoms with E-state index in [1.807, 2.05) is 31.2 Å². The first-order chi connectivity index (χ1) is 9.46. The fraction of sp³-hybridized carbons (Fsp3) is 0.625. The monoisotopic (exact) mass is 316 g/mol. The van der Waals surface area contributed by atoms with E-state index in [1.165, 1.54) is 0 Å². The van der Waals surface area contributed by atoms with Crippen molar-refractivity contribution in [3.8, 4) is 11.5 Å². The van der Waals surface area contributed by atoms with E-state index < -0.39 is 0 Å². The van der Waals surface area contributed by atoms with Crippen LogP contribution in [0.15, 0.2) is 24.3 Å². The zero-order chi connectivity index (χ0) is 15.0. The number of nitrogens with zero attached hydrogens (tertiary/aromatic N) is 1. The van der Waals surface area contributed by atoms with Gasteiger partial charge in [-0.15, -0.1) is 12.4 Å². The van der Waals surface area contributed by atoms with Crippen LogP contribution in [0.2, 0.25) is 0 Å². The molecule has 0 saturated heterocycles. The van der Waals surface area contributed by atoms with Crippen LogP contribution in [0.1, 0.15) is 20.8 Å². The number of likely N-dealkylation sites (N-methyl/N-ethyl adjacent to an activating group) is 1. The summed E-state index contributed by atoms with van der Waals surface area (Å²) in [6, 6.07) is 7.74. The number of halogens is 1. The molecule has 0 unspecified atom stereocenters. The topological polar surface area (TPSA) is 47.7 Å². The molecule has 0 atom stereocenters. The van der Waals surface area contributed by atoms with Gasteiger partial charge in [0.05, 0.1) is 6.61 Å². The molecule has 122 valence electrons. The molecule has 1 rings (SSSR count). The zero-order valence-electron chi connectivity index (χ0n) is 13.6. The second kappa shape index (κ2) is 9.87. The molecule has 0 aliphatic carbocycles. The van der Waals surface area contributed by atoms with Gasteiger partial charge in [0.25, 0.3) is 0 Å². The molecule has 0 bridgehead atoms. The van der Waals surface area contributed by atoms with E-state index in [-0.39, 0.29) is 17.8 Å². The highest BCUT2D eigenvalue weighted by Gasteiger charge is 2.17. The second-order valence-electron chi connectivity index (χ2n) is 5.86. The Labute approximate surface area is 135 Å². The number of hydrogen-bond acceptors (Lipinski definition) is 4. The maximum Gasteiger partial charge on any atom is 0.119 e. The number of nitrogens with two attached hydrogens (primary N) is 1. The number of benzene rings is 1. The summed E-state index contributed by atoms with van der Waals surface area (Å²) < 4.78 is 11.1. The van der Waals surface area contributed by atoms with Crippen LogP contribution in [-0.4, -0.2) is 44.8 Å². The van der Waals surface area contributed by atoms with E-state index in [0.717, 1.165) is 24.6 Å². The van der Waals surface area contributed by atoms with Gasteiger partial charge in [-0.1, -0.05) is 13.8 Å². The van der Waals surface area contributed by atoms with Gasteiger partial charge >= 0.3 is 0 Å². The van der Waals surface area contributed by atoms with Gasteiger partial charge in [0, 0.05) is 13.1 Å². The number of rotatable bonds is 9. The molecule has 4 nitrogen and oxygen atoms in total. The molecule has 5 heteroatoms. The summed E-state index contributed by atoms with van der Waals surface area (Å²) in [7, 11) is 2.10. The van der Waals surface area contributed by atoms with Gasteiger partial charge in [-0.3, -0.25) is 0 Å². The first kappa shape index (κ1) is 20.0. The van der Waals surface area contributed by atoms with Crippen molar-refractivity contribution in [2.24, 2.45) is 11.1 Å². The molecule has 0 radical (unpaired) electrons. The van der Waals surface area contributed by atoms with Crippen molar-refractivity contribution >= 4 is 12.4 Å². The van der Waals surface area contributed by atoms with Crippen LogP contribution in [0.5, 0.6) is 11.5 Å². The van der Waals surface area contributed by atoms with Crippen molar-refractivity contribution < 1.29 is 9.47 Å². The van der Waals surface area contributed by atoms with Gasteiger partial charge in [0.2, 0.25) is 0 Å². The van der Waals surface area contributed by atoms with Crippen molar-refractivity contribution in [2.75, 3.05) is 39.9 Å². The molecular weight excluding hydrogens is 288 g/mol. The van der Waals surface area contributed by atoms with Crippen molar-refractivity contribution in [2.45, 2.75) is 20.8 Å². The van der Waals surface area contributed by atoms with Crippen LogP contribution in [0.3, 0.4) is 0 Å². The second-order valence-corrected chi connectivity index (χ2v) is 5.86. The smallest absolute Gasteiger partial charge is 0.119 e. The predicted octanol–water partition coefficient (Wildman–Crippen LogP) is 2.80. The molecule has 1 aromatic rings. The Kier molecular flexibility index (Phi) is 9.42. The Morgan fingerprint density at radius 3 is 2.10 bits per heavy atom. The van der Waals surface area contributed by atoms with Crippen LogP contribution in [0, 0.1) is 5.41 Å². The predicted molar refractivity (Wildman–Crippen MR) is 90.7 cm³/mol. The van der Waals surface area contributed by atoms with Crippen molar-refractivity contribution in [3.05, 3.63) is 24.3 Å². The Balaban J connectivity index is 0.00000400. The SMILES string of the molecule is CCOc1ccc(OCCN(C)CC(C)(C)CN)cc1.Cl. The Morgan fingerprint density at radius 1 is 1.10 bits per heavy atom. The van der Waals surface area contributed by atoms with Gasteiger partial charge in [-0.25, -0.2) is 0 Å². The fourth-order valence-corrected chi connectivity index (χ4v) is 1.99. The highest BCUT2D eigenvalue weighted by molar-refractivity contribution is 5.85. The molecular formula is C16H29ClN2O2. The van der Waals surface area contributed by atoms with E-state index in [9.17, 15) is 0 Å². The lowest BCUT2D eigenvalue weighted by atomic mass is 9.93. The molecule has 0 amide bonds. The Bertz CT molecular complexity index is 382. The van der Waals surface area contributed by atoms with Gasteiger partial charge in [0.1, 0.15) is 18.1 Å². The number of hydrogen-bond donors (Lipinski definition) is 1. The average Bonchev–Trinajstić information content (AvgIpc) is 2.40. The third-order valence-electron chi connectivity index (χ3n) is 3.13. The maximum absolute atomic E-state index is 5.74. The third kappa shape index (κ3) is 8.15. The summed E-state index contributed by atoms with van der Waals surface area (Å²) >= 11 is 0. The maximum atomic E-state index is 5.74. The lowest BCUT2D eigenvalue weighted by Gasteiger charge is -2.28. The lowest BCUT2D eigenvalue weighted by molar-refractivity contribution is 0.181. The Morgan fingerprint density at radius 2 is 1.62 bits per heavy atom. The zero-order valence-corrected chi connectivity index (χ0v) is 14.4. The molecule has 2 N–H and O–H groups in total. The summed E-state index contributed by atoms with van der Waals surface area (Å²) in [5, 5.41) is 0. The molecule has 21 heavy (non-hydrogen) atoms. The minimum absolute atomic E-state index is 0. The highest BCUT2D eigenvalue weighted by atomic mass is 35.5. The number of ether oxygens (including phenoxy) is 2. The quantitative estimate of drug-likeness (QED) is 0.761. The van der Waals surface area contributed by atoms with E-state index >= 15 is 0 Å². The minimum Gasteiger partial charge on any atom is -0.494 e. The van der Waals surface area contributed by atoms with Crippen molar-refractivity contribution in [1.82, 2.24) is 4.90 Å². The van der Waals surface area contributed by atoms with Crippen LogP contribution >= 0.6 is 12.4 Å². The standard InChI is InChI=1S/C16H28N2O2.ClH/c1-5-19-14-6-8-15(9-7-14)20-11-10-18(4)13-16(2,3)12-17;/h6-9H,5,10-13,17H2,1-4H3;1H. The van der Waals surface area contributed by atoms with E-state index in [1.54, 1.807) is 0 Å². The summed E-state index contributed by atoms with van der Waals surface area (Å²) in [5.74, 6) is 1.75. The van der Waals surface area contributed by atoms with Crippen molar-refractivity contribution in [1.29, 1.82) is 0 Å². The first-order valence-electron chi connectivity index (χ1n) is 7.21. The Hall–Kier alpha value is -0.970. The van der Waals surface area contributed by atoms with E-state index in [2.05, 4.69) is 25.8 Å². The summed E-state index contributed by atoms with van der Waals surface area (Å²) in [5.41, 5.74) is 5.89. The molecule has 0 heterocycles. The summed E-state index contributed by atoms with van der Waals surface area (Å²) in [4.78, 5) is 2.25. The van der Waals surface area contributed by atoms with Crippen LogP contribution in [0.25, 0.3) is 0 Å². The highest BCUT2D eigenvalue weighted by Crippen LogP contribution is 2.18. The molecule has 0 spiro atoms. The normalized spacial score (nSPS) is 11.1. The van der Waals surface area contributed by atoms with Crippen LogP contribution < -0.4 is 15.2 Å². The molecule has 0 fully saturated rings. The largest absolute Gasteiger partial charge is 0.494 e. The van der Waals surface area contributed by atoms with E-state index in [0.29, 0.717) is 19.8 Å². The lowest BCUT2D eigenvalue weighted by Crippen LogP contribution is -2.38. The summed E-state index contributed by atoms with van der Waals surface area (Å²) in [6.45, 7) is 10.2. The van der Waals surface area contributed by atoms with Gasteiger partial charge < -0.3 is 20.1 Å². The molecule has 0 saturated carbocycles. The van der Waals surface area contributed by atoms with Gasteiger partial charge in [0.15, 0.2) is 0 Å². The summed E-state index contributed by atoms with van der Waals surface area (Å²) in [6.07, 6.45) is 0. The van der Waals surface area contributed by atoms with Crippen LogP contribution in [-0.2, 0) is 0 Å². The molecule has 0 aromatic heterocycles.